The Hall–Kier alpha value is -1.13. The predicted molar refractivity (Wildman–Crippen MR) is 80.2 cm³/mol. The van der Waals surface area contributed by atoms with E-state index in [4.69, 9.17) is 9.47 Å². The Bertz CT molecular complexity index is 440. The van der Waals surface area contributed by atoms with E-state index < -0.39 is 0 Å². The second-order valence-electron chi connectivity index (χ2n) is 5.83. The van der Waals surface area contributed by atoms with Gasteiger partial charge in [0.2, 0.25) is 5.88 Å². The van der Waals surface area contributed by atoms with Crippen molar-refractivity contribution in [2.45, 2.75) is 59.2 Å². The third kappa shape index (κ3) is 4.18. The highest BCUT2D eigenvalue weighted by atomic mass is 16.5. The van der Waals surface area contributed by atoms with Crippen LogP contribution in [0.5, 0.6) is 5.88 Å². The summed E-state index contributed by atoms with van der Waals surface area (Å²) < 4.78 is 11.5. The topological polar surface area (TPSA) is 43.4 Å². The normalized spacial score (nSPS) is 16.6. The van der Waals surface area contributed by atoms with Crippen LogP contribution in [-0.4, -0.2) is 30.3 Å². The van der Waals surface area contributed by atoms with Crippen LogP contribution >= 0.6 is 0 Å². The fourth-order valence-electron chi connectivity index (χ4n) is 2.40. The number of rotatable bonds is 5. The highest BCUT2D eigenvalue weighted by Crippen LogP contribution is 2.24. The lowest BCUT2D eigenvalue weighted by Crippen LogP contribution is -2.28. The fraction of sp³-hybridized carbons (Fsp3) is 0.688. The summed E-state index contributed by atoms with van der Waals surface area (Å²) >= 11 is 0. The highest BCUT2D eigenvalue weighted by molar-refractivity contribution is 5.36. The molecule has 2 heterocycles. The molecule has 1 aliphatic rings. The van der Waals surface area contributed by atoms with Gasteiger partial charge in [0.25, 0.3) is 0 Å². The van der Waals surface area contributed by atoms with Gasteiger partial charge in [-0.25, -0.2) is 4.98 Å². The molecule has 4 nitrogen and oxygen atoms in total. The molecule has 0 unspecified atom stereocenters. The Morgan fingerprint density at radius 3 is 2.70 bits per heavy atom. The second-order valence-corrected chi connectivity index (χ2v) is 5.83. The van der Waals surface area contributed by atoms with E-state index in [2.05, 4.69) is 37.1 Å². The van der Waals surface area contributed by atoms with Crippen molar-refractivity contribution < 1.29 is 9.47 Å². The number of nitrogens with one attached hydrogen (secondary N) is 1. The Balaban J connectivity index is 2.15. The van der Waals surface area contributed by atoms with E-state index >= 15 is 0 Å². The summed E-state index contributed by atoms with van der Waals surface area (Å²) in [5, 5.41) is 3.46. The zero-order valence-electron chi connectivity index (χ0n) is 13.0. The minimum absolute atomic E-state index is 0.232. The summed E-state index contributed by atoms with van der Waals surface area (Å²) in [6.07, 6.45) is 2.13. The van der Waals surface area contributed by atoms with E-state index in [0.717, 1.165) is 44.2 Å². The molecular formula is C16H26N2O2. The number of hydrogen-bond donors (Lipinski definition) is 1. The number of aromatic nitrogens is 1. The van der Waals surface area contributed by atoms with Crippen LogP contribution in [0.4, 0.5) is 0 Å². The number of ether oxygens (including phenoxy) is 2. The van der Waals surface area contributed by atoms with Gasteiger partial charge in [0.1, 0.15) is 6.10 Å². The van der Waals surface area contributed by atoms with Crippen molar-refractivity contribution in [3.63, 3.8) is 0 Å². The largest absolute Gasteiger partial charge is 0.474 e. The molecule has 1 N–H and O–H groups in total. The first-order valence-electron chi connectivity index (χ1n) is 7.51. The Morgan fingerprint density at radius 2 is 2.05 bits per heavy atom. The lowest BCUT2D eigenvalue weighted by atomic mass is 10.1. The molecule has 4 heteroatoms. The molecular weight excluding hydrogens is 252 g/mol. The lowest BCUT2D eigenvalue weighted by Gasteiger charge is -2.25. The number of nitrogens with zero attached hydrogens (tertiary/aromatic N) is 1. The molecule has 20 heavy (non-hydrogen) atoms. The molecule has 1 aromatic rings. The second kappa shape index (κ2) is 7.04. The van der Waals surface area contributed by atoms with E-state index in [1.54, 1.807) is 0 Å². The smallest absolute Gasteiger partial charge is 0.218 e. The summed E-state index contributed by atoms with van der Waals surface area (Å²) in [5.41, 5.74) is 3.43. The molecule has 0 atom stereocenters. The SMILES string of the molecule is Cc1cc(C)c(CNC(C)C)c(OC2CCOCC2)n1. The molecule has 1 aromatic heterocycles. The third-order valence-electron chi connectivity index (χ3n) is 3.57. The van der Waals surface area contributed by atoms with Gasteiger partial charge < -0.3 is 14.8 Å². The molecule has 0 spiro atoms. The van der Waals surface area contributed by atoms with Gasteiger partial charge in [-0.05, 0) is 25.5 Å². The number of pyridine rings is 1. The number of aryl methyl sites for hydroxylation is 2. The van der Waals surface area contributed by atoms with Crippen LogP contribution in [-0.2, 0) is 11.3 Å². The van der Waals surface area contributed by atoms with Crippen LogP contribution < -0.4 is 10.1 Å². The highest BCUT2D eigenvalue weighted by Gasteiger charge is 2.19. The van der Waals surface area contributed by atoms with Crippen LogP contribution in [0.15, 0.2) is 6.07 Å². The van der Waals surface area contributed by atoms with E-state index in [0.29, 0.717) is 6.04 Å². The van der Waals surface area contributed by atoms with Gasteiger partial charge >= 0.3 is 0 Å². The summed E-state index contributed by atoms with van der Waals surface area (Å²) in [6, 6.07) is 2.57. The van der Waals surface area contributed by atoms with Crippen LogP contribution in [0.3, 0.4) is 0 Å². The quantitative estimate of drug-likeness (QED) is 0.899. The molecule has 1 fully saturated rings. The van der Waals surface area contributed by atoms with Crippen molar-refractivity contribution in [3.05, 3.63) is 22.9 Å². The first-order valence-corrected chi connectivity index (χ1v) is 7.51. The fourth-order valence-corrected chi connectivity index (χ4v) is 2.40. The summed E-state index contributed by atoms with van der Waals surface area (Å²) in [7, 11) is 0. The van der Waals surface area contributed by atoms with E-state index in [9.17, 15) is 0 Å². The molecule has 1 saturated heterocycles. The van der Waals surface area contributed by atoms with Crippen molar-refractivity contribution in [1.29, 1.82) is 0 Å². The summed E-state index contributed by atoms with van der Waals surface area (Å²) in [4.78, 5) is 4.60. The van der Waals surface area contributed by atoms with Gasteiger partial charge in [0.15, 0.2) is 0 Å². The van der Waals surface area contributed by atoms with Gasteiger partial charge in [0, 0.05) is 36.7 Å². The van der Waals surface area contributed by atoms with Crippen molar-refractivity contribution in [2.75, 3.05) is 13.2 Å². The minimum atomic E-state index is 0.232. The maximum Gasteiger partial charge on any atom is 0.218 e. The average molecular weight is 278 g/mol. The Morgan fingerprint density at radius 1 is 1.35 bits per heavy atom. The zero-order chi connectivity index (χ0) is 14.5. The zero-order valence-corrected chi connectivity index (χ0v) is 13.0. The molecule has 0 aromatic carbocycles. The first kappa shape index (κ1) is 15.3. The van der Waals surface area contributed by atoms with Crippen molar-refractivity contribution in [2.24, 2.45) is 0 Å². The third-order valence-corrected chi connectivity index (χ3v) is 3.57. The van der Waals surface area contributed by atoms with Gasteiger partial charge in [-0.2, -0.15) is 0 Å². The summed E-state index contributed by atoms with van der Waals surface area (Å²) in [5.74, 6) is 0.794. The first-order chi connectivity index (χ1) is 9.56. The van der Waals surface area contributed by atoms with Gasteiger partial charge in [-0.15, -0.1) is 0 Å². The molecule has 1 aliphatic heterocycles. The van der Waals surface area contributed by atoms with Crippen molar-refractivity contribution in [3.8, 4) is 5.88 Å². The van der Waals surface area contributed by atoms with E-state index in [1.165, 1.54) is 11.1 Å². The lowest BCUT2D eigenvalue weighted by molar-refractivity contribution is 0.0232. The minimum Gasteiger partial charge on any atom is -0.474 e. The molecule has 0 radical (unpaired) electrons. The van der Waals surface area contributed by atoms with Crippen LogP contribution in [0.1, 0.15) is 43.5 Å². The standard InChI is InChI=1S/C16H26N2O2/c1-11(2)17-10-15-12(3)9-13(4)18-16(15)20-14-5-7-19-8-6-14/h9,11,14,17H,5-8,10H2,1-4H3. The average Bonchev–Trinajstić information content (AvgIpc) is 2.38. The van der Waals surface area contributed by atoms with Crippen molar-refractivity contribution in [1.82, 2.24) is 10.3 Å². The molecule has 0 saturated carbocycles. The van der Waals surface area contributed by atoms with Gasteiger partial charge in [0.05, 0.1) is 13.2 Å². The van der Waals surface area contributed by atoms with Gasteiger partial charge in [-0.3, -0.25) is 0 Å². The van der Waals surface area contributed by atoms with Crippen molar-refractivity contribution >= 4 is 0 Å². The molecule has 0 aliphatic carbocycles. The molecule has 112 valence electrons. The van der Waals surface area contributed by atoms with Crippen LogP contribution in [0.25, 0.3) is 0 Å². The number of hydrogen-bond acceptors (Lipinski definition) is 4. The molecule has 2 rings (SSSR count). The maximum absolute atomic E-state index is 6.15. The predicted octanol–water partition coefficient (Wildman–Crippen LogP) is 2.75. The Labute approximate surface area is 121 Å². The maximum atomic E-state index is 6.15. The van der Waals surface area contributed by atoms with Crippen LogP contribution in [0.2, 0.25) is 0 Å². The molecule has 0 bridgehead atoms. The Kier molecular flexibility index (Phi) is 5.38. The van der Waals surface area contributed by atoms with E-state index in [1.807, 2.05) is 6.92 Å². The van der Waals surface area contributed by atoms with E-state index in [-0.39, 0.29) is 6.10 Å². The summed E-state index contributed by atoms with van der Waals surface area (Å²) in [6.45, 7) is 10.8. The molecule has 0 amide bonds. The van der Waals surface area contributed by atoms with Gasteiger partial charge in [-0.1, -0.05) is 13.8 Å². The monoisotopic (exact) mass is 278 g/mol. The van der Waals surface area contributed by atoms with Crippen LogP contribution in [0, 0.1) is 13.8 Å².